The van der Waals surface area contributed by atoms with E-state index < -0.39 is 23.1 Å². The van der Waals surface area contributed by atoms with Crippen molar-refractivity contribution in [1.29, 1.82) is 0 Å². The van der Waals surface area contributed by atoms with Gasteiger partial charge >= 0.3 is 17.5 Å². The first kappa shape index (κ1) is 24.2. The summed E-state index contributed by atoms with van der Waals surface area (Å²) in [6.45, 7) is 2.13. The van der Waals surface area contributed by atoms with Crippen LogP contribution in [0, 0.1) is 0 Å². The molecule has 0 saturated carbocycles. The molecule has 10 heteroatoms. The summed E-state index contributed by atoms with van der Waals surface area (Å²) < 4.78 is 53.8. The van der Waals surface area contributed by atoms with Crippen LogP contribution in [-0.2, 0) is 19.1 Å². The van der Waals surface area contributed by atoms with Crippen molar-refractivity contribution < 1.29 is 27.4 Å². The minimum atomic E-state index is -4.70. The number of aryl methyl sites for hydroxylation is 1. The molecule has 0 aliphatic carbocycles. The monoisotopic (exact) mass is 488 g/mol. The van der Waals surface area contributed by atoms with E-state index in [9.17, 15) is 27.9 Å². The Labute approximate surface area is 197 Å². The molecule has 0 bridgehead atoms. The second-order valence-electron chi connectivity index (χ2n) is 7.97. The molecule has 0 atom stereocenters. The Morgan fingerprint density at radius 1 is 1.09 bits per heavy atom. The number of hydrogen-bond donors (Lipinski definition) is 1. The SMILES string of the molecule is CCCc1c(OCCCn2c(O)cn(-c3ccccc3)c2=O)ccc2c(C(F)(F)F)cc(=O)oc12. The number of alkyl halides is 3. The highest BCUT2D eigenvalue weighted by molar-refractivity contribution is 5.85. The summed E-state index contributed by atoms with van der Waals surface area (Å²) in [4.78, 5) is 24.5. The lowest BCUT2D eigenvalue weighted by Gasteiger charge is -2.15. The summed E-state index contributed by atoms with van der Waals surface area (Å²) >= 11 is 0. The number of fused-ring (bicyclic) bond motifs is 1. The van der Waals surface area contributed by atoms with Gasteiger partial charge in [0.15, 0.2) is 0 Å². The van der Waals surface area contributed by atoms with Crippen molar-refractivity contribution in [3.8, 4) is 17.3 Å². The quantitative estimate of drug-likeness (QED) is 0.282. The molecule has 0 spiro atoms. The van der Waals surface area contributed by atoms with Gasteiger partial charge in [-0.3, -0.25) is 9.13 Å². The fraction of sp³-hybridized carbons (Fsp3) is 0.280. The summed E-state index contributed by atoms with van der Waals surface area (Å²) in [7, 11) is 0. The number of para-hydroxylation sites is 1. The van der Waals surface area contributed by atoms with E-state index >= 15 is 0 Å². The van der Waals surface area contributed by atoms with Crippen LogP contribution >= 0.6 is 0 Å². The van der Waals surface area contributed by atoms with Crippen LogP contribution in [0.3, 0.4) is 0 Å². The number of aromatic hydroxyl groups is 1. The van der Waals surface area contributed by atoms with Gasteiger partial charge in [0.05, 0.1) is 24.1 Å². The van der Waals surface area contributed by atoms with Crippen LogP contribution in [0.4, 0.5) is 13.2 Å². The Balaban J connectivity index is 1.54. The molecule has 1 N–H and O–H groups in total. The van der Waals surface area contributed by atoms with Gasteiger partial charge in [-0.25, -0.2) is 9.59 Å². The van der Waals surface area contributed by atoms with Crippen LogP contribution in [0.1, 0.15) is 30.9 Å². The molecule has 0 fully saturated rings. The fourth-order valence-electron chi connectivity index (χ4n) is 3.98. The molecule has 2 aromatic carbocycles. The van der Waals surface area contributed by atoms with Crippen LogP contribution in [0.25, 0.3) is 16.7 Å². The molecular weight excluding hydrogens is 465 g/mol. The van der Waals surface area contributed by atoms with Gasteiger partial charge in [-0.1, -0.05) is 31.5 Å². The van der Waals surface area contributed by atoms with Crippen LogP contribution in [0.2, 0.25) is 0 Å². The Hall–Kier alpha value is -3.95. The first-order valence-corrected chi connectivity index (χ1v) is 11.1. The molecule has 7 nitrogen and oxygen atoms in total. The van der Waals surface area contributed by atoms with Gasteiger partial charge in [0, 0.05) is 23.6 Å². The third-order valence-corrected chi connectivity index (χ3v) is 5.55. The molecule has 2 aromatic heterocycles. The van der Waals surface area contributed by atoms with Gasteiger partial charge in [0.2, 0.25) is 5.88 Å². The lowest BCUT2D eigenvalue weighted by atomic mass is 10.0. The van der Waals surface area contributed by atoms with E-state index in [4.69, 9.17) is 9.15 Å². The van der Waals surface area contributed by atoms with Crippen molar-refractivity contribution in [3.63, 3.8) is 0 Å². The van der Waals surface area contributed by atoms with Crippen LogP contribution in [-0.4, -0.2) is 20.8 Å². The normalized spacial score (nSPS) is 11.8. The predicted molar refractivity (Wildman–Crippen MR) is 123 cm³/mol. The molecule has 4 aromatic rings. The summed E-state index contributed by atoms with van der Waals surface area (Å²) in [5.41, 5.74) is -1.70. The molecule has 35 heavy (non-hydrogen) atoms. The smallest absolute Gasteiger partial charge is 0.417 e. The van der Waals surface area contributed by atoms with Crippen molar-refractivity contribution in [2.75, 3.05) is 6.61 Å². The van der Waals surface area contributed by atoms with Gasteiger partial charge in [-0.05, 0) is 37.1 Å². The molecule has 0 radical (unpaired) electrons. The average molecular weight is 488 g/mol. The second-order valence-corrected chi connectivity index (χ2v) is 7.97. The lowest BCUT2D eigenvalue weighted by molar-refractivity contribution is -0.136. The van der Waals surface area contributed by atoms with Crippen LogP contribution in [0.15, 0.2) is 68.7 Å². The number of ether oxygens (including phenoxy) is 1. The maximum Gasteiger partial charge on any atom is 0.417 e. The Bertz CT molecular complexity index is 1450. The molecule has 184 valence electrons. The Morgan fingerprint density at radius 3 is 2.51 bits per heavy atom. The number of aromatic nitrogens is 2. The minimum absolute atomic E-state index is 0.119. The minimum Gasteiger partial charge on any atom is -0.493 e. The topological polar surface area (TPSA) is 86.6 Å². The number of hydrogen-bond acceptors (Lipinski definition) is 5. The second kappa shape index (κ2) is 9.73. The van der Waals surface area contributed by atoms with E-state index in [1.165, 1.54) is 27.5 Å². The number of rotatable bonds is 8. The maximum atomic E-state index is 13.4. The largest absolute Gasteiger partial charge is 0.493 e. The fourth-order valence-corrected chi connectivity index (χ4v) is 3.98. The summed E-state index contributed by atoms with van der Waals surface area (Å²) in [5, 5.41) is 10.0. The lowest BCUT2D eigenvalue weighted by Crippen LogP contribution is -2.23. The molecule has 0 amide bonds. The highest BCUT2D eigenvalue weighted by atomic mass is 19.4. The van der Waals surface area contributed by atoms with Crippen molar-refractivity contribution in [2.45, 2.75) is 38.9 Å². The van der Waals surface area contributed by atoms with E-state index in [2.05, 4.69) is 0 Å². The molecule has 4 rings (SSSR count). The zero-order valence-electron chi connectivity index (χ0n) is 18.8. The number of benzene rings is 2. The highest BCUT2D eigenvalue weighted by Crippen LogP contribution is 2.37. The van der Waals surface area contributed by atoms with E-state index in [-0.39, 0.29) is 30.0 Å². The van der Waals surface area contributed by atoms with E-state index in [1.807, 2.05) is 13.0 Å². The Morgan fingerprint density at radius 2 is 1.83 bits per heavy atom. The number of imidazole rings is 1. The summed E-state index contributed by atoms with van der Waals surface area (Å²) in [5.74, 6) is 0.109. The van der Waals surface area contributed by atoms with Crippen molar-refractivity contribution in [1.82, 2.24) is 9.13 Å². The molecular formula is C25H23F3N2O5. The van der Waals surface area contributed by atoms with Crippen LogP contribution in [0.5, 0.6) is 11.6 Å². The average Bonchev–Trinajstić information content (AvgIpc) is 3.10. The Kier molecular flexibility index (Phi) is 6.72. The van der Waals surface area contributed by atoms with Crippen molar-refractivity contribution >= 4 is 11.0 Å². The van der Waals surface area contributed by atoms with Crippen molar-refractivity contribution in [3.05, 3.63) is 86.8 Å². The maximum absolute atomic E-state index is 13.4. The first-order valence-electron chi connectivity index (χ1n) is 11.1. The van der Waals surface area contributed by atoms with E-state index in [0.717, 1.165) is 0 Å². The predicted octanol–water partition coefficient (Wildman–Crippen LogP) is 4.89. The number of halogens is 3. The van der Waals surface area contributed by atoms with Crippen LogP contribution < -0.4 is 16.1 Å². The third-order valence-electron chi connectivity index (χ3n) is 5.55. The third kappa shape index (κ3) is 4.96. The molecule has 0 unspecified atom stereocenters. The van der Waals surface area contributed by atoms with Crippen molar-refractivity contribution in [2.24, 2.45) is 0 Å². The summed E-state index contributed by atoms with van der Waals surface area (Å²) in [6.07, 6.45) is -2.10. The van der Waals surface area contributed by atoms with Gasteiger partial charge in [-0.2, -0.15) is 13.2 Å². The van der Waals surface area contributed by atoms with E-state index in [0.29, 0.717) is 42.3 Å². The molecule has 0 saturated heterocycles. The zero-order chi connectivity index (χ0) is 25.2. The van der Waals surface area contributed by atoms with Gasteiger partial charge < -0.3 is 14.3 Å². The molecule has 2 heterocycles. The van der Waals surface area contributed by atoms with E-state index in [1.54, 1.807) is 24.3 Å². The molecule has 0 aliphatic heterocycles. The number of nitrogens with zero attached hydrogens (tertiary/aromatic N) is 2. The highest BCUT2D eigenvalue weighted by Gasteiger charge is 2.34. The van der Waals surface area contributed by atoms with Gasteiger partial charge in [0.25, 0.3) is 0 Å². The summed E-state index contributed by atoms with van der Waals surface area (Å²) in [6, 6.07) is 12.0. The van der Waals surface area contributed by atoms with Gasteiger partial charge in [0.1, 0.15) is 11.3 Å². The van der Waals surface area contributed by atoms with Gasteiger partial charge in [-0.15, -0.1) is 0 Å². The first-order chi connectivity index (χ1) is 16.7. The standard InChI is InChI=1S/C25H23F3N2O5/c1-2-7-18-20(11-10-17-19(25(26,27)28)14-22(32)35-23(17)18)34-13-6-12-29-21(31)15-30(24(29)33)16-8-4-3-5-9-16/h3-5,8-11,14-15,31H,2,6-7,12-13H2,1H3. The molecule has 0 aliphatic rings. The zero-order valence-corrected chi connectivity index (χ0v) is 18.8.